The van der Waals surface area contributed by atoms with Crippen LogP contribution in [-0.2, 0) is 4.79 Å². The summed E-state index contributed by atoms with van der Waals surface area (Å²) in [6.45, 7) is 1.33. The molecule has 0 saturated heterocycles. The zero-order chi connectivity index (χ0) is 16.8. The minimum absolute atomic E-state index is 0.386. The summed E-state index contributed by atoms with van der Waals surface area (Å²) in [6, 6.07) is 13.6. The largest absolute Gasteiger partial charge is 0.399 e. The predicted octanol–water partition coefficient (Wildman–Crippen LogP) is 3.76. The maximum Gasteiger partial charge on any atom is 0.332 e. The molecule has 0 aliphatic rings. The molecule has 0 atom stereocenters. The van der Waals surface area contributed by atoms with Gasteiger partial charge in [-0.05, 0) is 48.0 Å². The number of nitrogens with one attached hydrogen (secondary N) is 1. The quantitative estimate of drug-likeness (QED) is 0.804. The highest BCUT2D eigenvalue weighted by Gasteiger charge is 2.18. The Hall–Kier alpha value is -2.60. The number of carbonyl (C=O) groups is 2. The van der Waals surface area contributed by atoms with Gasteiger partial charge in [0, 0.05) is 23.3 Å². The summed E-state index contributed by atoms with van der Waals surface area (Å²) in [5.41, 5.74) is 7.56. The second-order valence-corrected chi connectivity index (χ2v) is 5.70. The zero-order valence-electron chi connectivity index (χ0n) is 12.5. The van der Waals surface area contributed by atoms with E-state index in [0.29, 0.717) is 11.4 Å². The third-order valence-corrected chi connectivity index (χ3v) is 3.49. The Morgan fingerprint density at radius 3 is 2.48 bits per heavy atom. The fourth-order valence-corrected chi connectivity index (χ4v) is 2.37. The first-order chi connectivity index (χ1) is 11.0. The lowest BCUT2D eigenvalue weighted by Gasteiger charge is -2.18. The number of urea groups is 1. The summed E-state index contributed by atoms with van der Waals surface area (Å²) in [6.07, 6.45) is 3.24. The van der Waals surface area contributed by atoms with E-state index in [1.165, 1.54) is 13.1 Å². The van der Waals surface area contributed by atoms with Crippen LogP contribution in [0.15, 0.2) is 59.2 Å². The van der Waals surface area contributed by atoms with Crippen LogP contribution in [0.1, 0.15) is 12.5 Å². The van der Waals surface area contributed by atoms with Gasteiger partial charge in [-0.1, -0.05) is 28.1 Å². The summed E-state index contributed by atoms with van der Waals surface area (Å²) in [4.78, 5) is 25.0. The van der Waals surface area contributed by atoms with Gasteiger partial charge in [-0.15, -0.1) is 0 Å². The van der Waals surface area contributed by atoms with Gasteiger partial charge in [0.25, 0.3) is 0 Å². The number of rotatable bonds is 3. The second-order valence-electron chi connectivity index (χ2n) is 4.78. The fourth-order valence-electron chi connectivity index (χ4n) is 1.95. The van der Waals surface area contributed by atoms with Gasteiger partial charge in [0.05, 0.1) is 5.69 Å². The van der Waals surface area contributed by atoms with Crippen LogP contribution >= 0.6 is 15.9 Å². The Balaban J connectivity index is 2.10. The number of amides is 3. The summed E-state index contributed by atoms with van der Waals surface area (Å²) in [5, 5.41) is 2.58. The number of nitrogens with zero attached hydrogens (tertiary/aromatic N) is 1. The molecule has 2 aromatic rings. The van der Waals surface area contributed by atoms with Crippen LogP contribution in [0.25, 0.3) is 6.08 Å². The molecule has 5 nitrogen and oxygen atoms in total. The molecule has 2 rings (SSSR count). The lowest BCUT2D eigenvalue weighted by atomic mass is 10.2. The van der Waals surface area contributed by atoms with Gasteiger partial charge >= 0.3 is 6.03 Å². The highest BCUT2D eigenvalue weighted by atomic mass is 79.9. The van der Waals surface area contributed by atoms with Crippen molar-refractivity contribution in [2.45, 2.75) is 6.92 Å². The Bertz CT molecular complexity index is 742. The SMILES string of the molecule is CC(=O)N(C(=O)N/C=C/c1cccc(Br)c1)c1ccc(N)cc1. The highest BCUT2D eigenvalue weighted by Crippen LogP contribution is 2.17. The monoisotopic (exact) mass is 373 g/mol. The van der Waals surface area contributed by atoms with Crippen LogP contribution in [0.2, 0.25) is 0 Å². The number of carbonyl (C=O) groups excluding carboxylic acids is 2. The second kappa shape index (κ2) is 7.60. The van der Waals surface area contributed by atoms with Crippen molar-refractivity contribution in [2.24, 2.45) is 0 Å². The van der Waals surface area contributed by atoms with Crippen molar-refractivity contribution in [1.82, 2.24) is 5.32 Å². The van der Waals surface area contributed by atoms with Crippen molar-refractivity contribution in [2.75, 3.05) is 10.6 Å². The fraction of sp³-hybridized carbons (Fsp3) is 0.0588. The topological polar surface area (TPSA) is 75.4 Å². The lowest BCUT2D eigenvalue weighted by Crippen LogP contribution is -2.40. The molecular formula is C17H16BrN3O2. The Labute approximate surface area is 142 Å². The first-order valence-electron chi connectivity index (χ1n) is 6.86. The highest BCUT2D eigenvalue weighted by molar-refractivity contribution is 9.10. The van der Waals surface area contributed by atoms with Crippen LogP contribution < -0.4 is 16.0 Å². The summed E-state index contributed by atoms with van der Waals surface area (Å²) in [7, 11) is 0. The third kappa shape index (κ3) is 4.69. The van der Waals surface area contributed by atoms with Gasteiger partial charge in [-0.3, -0.25) is 4.79 Å². The van der Waals surface area contributed by atoms with Crippen LogP contribution in [0.4, 0.5) is 16.2 Å². The molecule has 23 heavy (non-hydrogen) atoms. The van der Waals surface area contributed by atoms with Gasteiger partial charge in [0.1, 0.15) is 0 Å². The molecule has 0 unspecified atom stereocenters. The normalized spacial score (nSPS) is 10.5. The Morgan fingerprint density at radius 1 is 1.17 bits per heavy atom. The number of anilines is 2. The number of halogens is 1. The van der Waals surface area contributed by atoms with Crippen molar-refractivity contribution in [3.05, 3.63) is 64.8 Å². The van der Waals surface area contributed by atoms with Gasteiger partial charge in [0.2, 0.25) is 5.91 Å². The molecule has 0 aliphatic heterocycles. The van der Waals surface area contributed by atoms with Crippen molar-refractivity contribution in [3.63, 3.8) is 0 Å². The number of hydrogen-bond acceptors (Lipinski definition) is 3. The van der Waals surface area contributed by atoms with Crippen molar-refractivity contribution in [3.8, 4) is 0 Å². The molecular weight excluding hydrogens is 358 g/mol. The number of hydrogen-bond donors (Lipinski definition) is 2. The minimum atomic E-state index is -0.534. The van der Waals surface area contributed by atoms with Crippen molar-refractivity contribution >= 4 is 45.3 Å². The summed E-state index contributed by atoms with van der Waals surface area (Å²) < 4.78 is 0.943. The Kier molecular flexibility index (Phi) is 5.54. The number of nitrogens with two attached hydrogens (primary N) is 1. The van der Waals surface area contributed by atoms with Crippen LogP contribution in [0.3, 0.4) is 0 Å². The number of imide groups is 1. The van der Waals surface area contributed by atoms with Crippen molar-refractivity contribution in [1.29, 1.82) is 0 Å². The smallest absolute Gasteiger partial charge is 0.332 e. The van der Waals surface area contributed by atoms with E-state index in [2.05, 4.69) is 21.2 Å². The molecule has 118 valence electrons. The van der Waals surface area contributed by atoms with E-state index >= 15 is 0 Å². The van der Waals surface area contributed by atoms with E-state index in [9.17, 15) is 9.59 Å². The molecule has 0 fully saturated rings. The van der Waals surface area contributed by atoms with Gasteiger partial charge in [-0.2, -0.15) is 0 Å². The molecule has 0 saturated carbocycles. The molecule has 3 amide bonds. The maximum atomic E-state index is 12.2. The first-order valence-corrected chi connectivity index (χ1v) is 7.65. The minimum Gasteiger partial charge on any atom is -0.399 e. The molecule has 0 bridgehead atoms. The molecule has 0 heterocycles. The van der Waals surface area contributed by atoms with Gasteiger partial charge in [-0.25, -0.2) is 9.69 Å². The van der Waals surface area contributed by atoms with E-state index in [0.717, 1.165) is 14.9 Å². The molecule has 2 aromatic carbocycles. The van der Waals surface area contributed by atoms with E-state index in [1.54, 1.807) is 30.3 Å². The third-order valence-electron chi connectivity index (χ3n) is 3.00. The first kappa shape index (κ1) is 16.8. The van der Waals surface area contributed by atoms with E-state index in [1.807, 2.05) is 24.3 Å². The van der Waals surface area contributed by atoms with Gasteiger partial charge in [0.15, 0.2) is 0 Å². The summed E-state index contributed by atoms with van der Waals surface area (Å²) >= 11 is 3.38. The molecule has 6 heteroatoms. The lowest BCUT2D eigenvalue weighted by molar-refractivity contribution is -0.115. The van der Waals surface area contributed by atoms with Crippen LogP contribution in [-0.4, -0.2) is 11.9 Å². The number of nitrogen functional groups attached to an aromatic ring is 1. The zero-order valence-corrected chi connectivity index (χ0v) is 14.1. The van der Waals surface area contributed by atoms with E-state index < -0.39 is 6.03 Å². The maximum absolute atomic E-state index is 12.2. The van der Waals surface area contributed by atoms with Gasteiger partial charge < -0.3 is 11.1 Å². The molecule has 0 radical (unpaired) electrons. The van der Waals surface area contributed by atoms with E-state index in [-0.39, 0.29) is 5.91 Å². The average Bonchev–Trinajstić information content (AvgIpc) is 2.49. The predicted molar refractivity (Wildman–Crippen MR) is 95.7 cm³/mol. The number of benzene rings is 2. The molecule has 0 spiro atoms. The summed E-state index contributed by atoms with van der Waals surface area (Å²) in [5.74, 6) is -0.386. The molecule has 0 aliphatic carbocycles. The van der Waals surface area contributed by atoms with E-state index in [4.69, 9.17) is 5.73 Å². The molecule has 0 aromatic heterocycles. The van der Waals surface area contributed by atoms with Crippen LogP contribution in [0.5, 0.6) is 0 Å². The van der Waals surface area contributed by atoms with Crippen LogP contribution in [0, 0.1) is 0 Å². The standard InChI is InChI=1S/C17H16BrN3O2/c1-12(22)21(16-7-5-15(19)6-8-16)17(23)20-10-9-13-3-2-4-14(18)11-13/h2-11H,19H2,1H3,(H,20,23)/b10-9+. The average molecular weight is 374 g/mol. The molecule has 3 N–H and O–H groups in total. The van der Waals surface area contributed by atoms with Crippen molar-refractivity contribution < 1.29 is 9.59 Å². The Morgan fingerprint density at radius 2 is 1.87 bits per heavy atom.